The molecule has 7 nitrogen and oxygen atoms in total. The number of hydrogen-bond donors (Lipinski definition) is 2. The molecule has 1 atom stereocenters. The van der Waals surface area contributed by atoms with E-state index >= 15 is 0 Å². The van der Waals surface area contributed by atoms with Gasteiger partial charge in [0.25, 0.3) is 0 Å². The van der Waals surface area contributed by atoms with Gasteiger partial charge < -0.3 is 9.84 Å². The third-order valence-electron chi connectivity index (χ3n) is 1.31. The minimum Gasteiger partial charge on any atom is -0.480 e. The van der Waals surface area contributed by atoms with Crippen LogP contribution < -0.4 is 4.72 Å². The van der Waals surface area contributed by atoms with E-state index in [1.807, 2.05) is 4.72 Å². The van der Waals surface area contributed by atoms with Crippen molar-refractivity contribution >= 4 is 22.0 Å². The molecule has 0 saturated carbocycles. The van der Waals surface area contributed by atoms with Crippen molar-refractivity contribution in [3.8, 4) is 0 Å². The van der Waals surface area contributed by atoms with Crippen LogP contribution in [0.3, 0.4) is 0 Å². The number of nitrogens with one attached hydrogen (secondary N) is 1. The first-order valence-corrected chi connectivity index (χ1v) is 5.82. The van der Waals surface area contributed by atoms with Crippen LogP contribution in [0.25, 0.3) is 0 Å². The van der Waals surface area contributed by atoms with Gasteiger partial charge in [-0.2, -0.15) is 0 Å². The molecule has 0 aliphatic heterocycles. The van der Waals surface area contributed by atoms with Gasteiger partial charge in [-0.3, -0.25) is 9.59 Å². The van der Waals surface area contributed by atoms with E-state index in [2.05, 4.69) is 4.74 Å². The average Bonchev–Trinajstić information content (AvgIpc) is 2.00. The molecule has 1 unspecified atom stereocenters. The number of ether oxygens (including phenoxy) is 1. The van der Waals surface area contributed by atoms with Crippen molar-refractivity contribution in [2.45, 2.75) is 19.9 Å². The van der Waals surface area contributed by atoms with E-state index in [-0.39, 0.29) is 6.61 Å². The van der Waals surface area contributed by atoms with Crippen molar-refractivity contribution in [2.24, 2.45) is 0 Å². The topological polar surface area (TPSA) is 110 Å². The molecular weight excluding hydrogens is 226 g/mol. The Labute approximate surface area is 87.5 Å². The zero-order valence-corrected chi connectivity index (χ0v) is 9.20. The number of carbonyl (C=O) groups excluding carboxylic acids is 1. The molecule has 0 bridgehead atoms. The maximum absolute atomic E-state index is 11.1. The SMILES string of the molecule is CCOC(=O)C(C)NS(=O)(=O)CC(=O)O. The number of esters is 1. The molecule has 0 aromatic rings. The highest BCUT2D eigenvalue weighted by Gasteiger charge is 2.23. The van der Waals surface area contributed by atoms with Crippen LogP contribution in [0.2, 0.25) is 0 Å². The molecular formula is C7H13NO6S. The number of aliphatic carboxylic acids is 1. The summed E-state index contributed by atoms with van der Waals surface area (Å²) < 4.78 is 28.6. The fourth-order valence-corrected chi connectivity index (χ4v) is 1.83. The van der Waals surface area contributed by atoms with Crippen LogP contribution in [0.15, 0.2) is 0 Å². The van der Waals surface area contributed by atoms with E-state index in [1.54, 1.807) is 6.92 Å². The van der Waals surface area contributed by atoms with Crippen molar-refractivity contribution in [3.63, 3.8) is 0 Å². The van der Waals surface area contributed by atoms with E-state index in [4.69, 9.17) is 5.11 Å². The first kappa shape index (κ1) is 13.8. The number of carboxylic acid groups (broad SMARTS) is 1. The number of rotatable bonds is 6. The van der Waals surface area contributed by atoms with Crippen molar-refractivity contribution in [1.29, 1.82) is 0 Å². The minimum absolute atomic E-state index is 0.129. The lowest BCUT2D eigenvalue weighted by atomic mass is 10.4. The van der Waals surface area contributed by atoms with Crippen LogP contribution in [0, 0.1) is 0 Å². The van der Waals surface area contributed by atoms with Crippen LogP contribution in [0.5, 0.6) is 0 Å². The van der Waals surface area contributed by atoms with Crippen LogP contribution in [-0.4, -0.2) is 43.9 Å². The molecule has 0 radical (unpaired) electrons. The average molecular weight is 239 g/mol. The Morgan fingerprint density at radius 2 is 2.00 bits per heavy atom. The molecule has 0 spiro atoms. The summed E-state index contributed by atoms with van der Waals surface area (Å²) in [6, 6.07) is -1.09. The van der Waals surface area contributed by atoms with Gasteiger partial charge in [-0.1, -0.05) is 0 Å². The maximum atomic E-state index is 11.1. The summed E-state index contributed by atoms with van der Waals surface area (Å²) in [5, 5.41) is 8.27. The quantitative estimate of drug-likeness (QED) is 0.572. The van der Waals surface area contributed by atoms with Gasteiger partial charge in [-0.05, 0) is 13.8 Å². The fourth-order valence-electron chi connectivity index (χ4n) is 0.789. The molecule has 0 rings (SSSR count). The smallest absolute Gasteiger partial charge is 0.323 e. The Morgan fingerprint density at radius 3 is 2.40 bits per heavy atom. The maximum Gasteiger partial charge on any atom is 0.323 e. The first-order valence-electron chi connectivity index (χ1n) is 4.17. The predicted octanol–water partition coefficient (Wildman–Crippen LogP) is -1.06. The van der Waals surface area contributed by atoms with Gasteiger partial charge in [0.2, 0.25) is 10.0 Å². The lowest BCUT2D eigenvalue weighted by Crippen LogP contribution is -2.41. The molecule has 88 valence electrons. The van der Waals surface area contributed by atoms with Crippen molar-refractivity contribution in [1.82, 2.24) is 4.72 Å². The molecule has 0 saturated heterocycles. The highest BCUT2D eigenvalue weighted by atomic mass is 32.2. The lowest BCUT2D eigenvalue weighted by molar-refractivity contribution is -0.144. The second kappa shape index (κ2) is 5.66. The molecule has 2 N–H and O–H groups in total. The predicted molar refractivity (Wildman–Crippen MR) is 50.7 cm³/mol. The molecule has 0 amide bonds. The summed E-state index contributed by atoms with van der Waals surface area (Å²) in [7, 11) is -3.99. The van der Waals surface area contributed by atoms with Crippen molar-refractivity contribution in [2.75, 3.05) is 12.4 Å². The Morgan fingerprint density at radius 1 is 1.47 bits per heavy atom. The van der Waals surface area contributed by atoms with Gasteiger partial charge in [0.1, 0.15) is 6.04 Å². The fraction of sp³-hybridized carbons (Fsp3) is 0.714. The van der Waals surface area contributed by atoms with Gasteiger partial charge in [-0.25, -0.2) is 13.1 Å². The van der Waals surface area contributed by atoms with E-state index in [0.717, 1.165) is 0 Å². The van der Waals surface area contributed by atoms with Gasteiger partial charge >= 0.3 is 11.9 Å². The summed E-state index contributed by atoms with van der Waals surface area (Å²) >= 11 is 0. The molecule has 0 aliphatic rings. The summed E-state index contributed by atoms with van der Waals surface area (Å²) in [6.07, 6.45) is 0. The Balaban J connectivity index is 4.34. The van der Waals surface area contributed by atoms with E-state index in [0.29, 0.717) is 0 Å². The number of carbonyl (C=O) groups is 2. The molecule has 0 fully saturated rings. The second-order valence-corrected chi connectivity index (χ2v) is 4.50. The van der Waals surface area contributed by atoms with Gasteiger partial charge in [-0.15, -0.1) is 0 Å². The highest BCUT2D eigenvalue weighted by Crippen LogP contribution is 1.93. The third kappa shape index (κ3) is 6.02. The number of carboxylic acids is 1. The van der Waals surface area contributed by atoms with E-state index in [9.17, 15) is 18.0 Å². The molecule has 0 aromatic heterocycles. The van der Waals surface area contributed by atoms with Crippen LogP contribution in [-0.2, 0) is 24.3 Å². The van der Waals surface area contributed by atoms with Crippen LogP contribution in [0.1, 0.15) is 13.8 Å². The van der Waals surface area contributed by atoms with E-state index < -0.39 is 33.8 Å². The largest absolute Gasteiger partial charge is 0.480 e. The standard InChI is InChI=1S/C7H13NO6S/c1-3-14-7(11)5(2)8-15(12,13)4-6(9)10/h5,8H,3-4H2,1-2H3,(H,9,10). The van der Waals surface area contributed by atoms with Gasteiger partial charge in [0.15, 0.2) is 5.75 Å². The van der Waals surface area contributed by atoms with E-state index in [1.165, 1.54) is 6.92 Å². The molecule has 8 heteroatoms. The van der Waals surface area contributed by atoms with Gasteiger partial charge in [0, 0.05) is 0 Å². The molecule has 0 heterocycles. The first-order chi connectivity index (χ1) is 6.78. The molecule has 0 aromatic carbocycles. The Bertz CT molecular complexity index is 335. The Hall–Kier alpha value is -1.15. The summed E-state index contributed by atoms with van der Waals surface area (Å²) in [6.45, 7) is 2.98. The molecule has 15 heavy (non-hydrogen) atoms. The summed E-state index contributed by atoms with van der Waals surface area (Å²) in [5.74, 6) is -3.30. The zero-order chi connectivity index (χ0) is 12.1. The monoisotopic (exact) mass is 239 g/mol. The normalized spacial score (nSPS) is 13.2. The zero-order valence-electron chi connectivity index (χ0n) is 8.39. The number of sulfonamides is 1. The van der Waals surface area contributed by atoms with Crippen molar-refractivity contribution in [3.05, 3.63) is 0 Å². The van der Waals surface area contributed by atoms with Crippen LogP contribution >= 0.6 is 0 Å². The lowest BCUT2D eigenvalue weighted by Gasteiger charge is -2.11. The summed E-state index contributed by atoms with van der Waals surface area (Å²) in [5.41, 5.74) is 0. The van der Waals surface area contributed by atoms with Crippen molar-refractivity contribution < 1.29 is 27.9 Å². The minimum atomic E-state index is -3.99. The Kier molecular flexibility index (Phi) is 5.23. The third-order valence-corrected chi connectivity index (χ3v) is 2.65. The molecule has 0 aliphatic carbocycles. The number of hydrogen-bond acceptors (Lipinski definition) is 5. The van der Waals surface area contributed by atoms with Gasteiger partial charge in [0.05, 0.1) is 6.61 Å². The van der Waals surface area contributed by atoms with Crippen LogP contribution in [0.4, 0.5) is 0 Å². The highest BCUT2D eigenvalue weighted by molar-refractivity contribution is 7.90. The summed E-state index contributed by atoms with van der Waals surface area (Å²) in [4.78, 5) is 21.2. The second-order valence-electron chi connectivity index (χ2n) is 2.74.